The molecule has 4 rings (SSSR count). The van der Waals surface area contributed by atoms with E-state index >= 15 is 0 Å². The van der Waals surface area contributed by atoms with Gasteiger partial charge < -0.3 is 19.9 Å². The van der Waals surface area contributed by atoms with Crippen LogP contribution in [0, 0.1) is 0 Å². The molecule has 7 nitrogen and oxygen atoms in total. The Bertz CT molecular complexity index is 1080. The van der Waals surface area contributed by atoms with Crippen LogP contribution in [-0.4, -0.2) is 16.2 Å². The molecule has 2 N–H and O–H groups in total. The first-order chi connectivity index (χ1) is 14.8. The Morgan fingerprint density at radius 3 is 2.57 bits per heavy atom. The number of hydrogen-bond donors (Lipinski definition) is 2. The lowest BCUT2D eigenvalue weighted by Gasteiger charge is -2.11. The molecule has 2 aromatic carbocycles. The van der Waals surface area contributed by atoms with Crippen LogP contribution >= 0.6 is 0 Å². The van der Waals surface area contributed by atoms with E-state index in [2.05, 4.69) is 20.8 Å². The Morgan fingerprint density at radius 1 is 0.933 bits per heavy atom. The fourth-order valence-electron chi connectivity index (χ4n) is 2.86. The monoisotopic (exact) mass is 400 g/mol. The lowest BCUT2D eigenvalue weighted by molar-refractivity contribution is 0.251. The highest BCUT2D eigenvalue weighted by atomic mass is 16.5. The van der Waals surface area contributed by atoms with Gasteiger partial charge in [-0.3, -0.25) is 4.98 Å². The highest BCUT2D eigenvalue weighted by Gasteiger charge is 2.09. The van der Waals surface area contributed by atoms with Gasteiger partial charge in [0.1, 0.15) is 12.4 Å². The molecule has 0 aliphatic heterocycles. The number of anilines is 1. The van der Waals surface area contributed by atoms with Gasteiger partial charge in [0, 0.05) is 30.7 Å². The summed E-state index contributed by atoms with van der Waals surface area (Å²) in [5, 5.41) is 9.36. The first kappa shape index (κ1) is 19.2. The number of hydrogen-bond acceptors (Lipinski definition) is 5. The molecule has 0 spiro atoms. The van der Waals surface area contributed by atoms with Crippen LogP contribution in [0.2, 0.25) is 0 Å². The van der Waals surface area contributed by atoms with Crippen molar-refractivity contribution >= 4 is 11.7 Å². The molecule has 2 aromatic heterocycles. The number of ether oxygens (including phenoxy) is 1. The second-order valence-electron chi connectivity index (χ2n) is 6.53. The number of carbonyl (C=O) groups is 1. The number of pyridine rings is 1. The standard InChI is InChI=1S/C23H20N4O3/c28-23(25-15-18-4-3-12-24-14-18)27-19-9-7-17(8-10-19)16-29-21-6-2-1-5-20(21)22-11-13-26-30-22/h1-14H,15-16H2,(H2,25,27,28). The van der Waals surface area contributed by atoms with Gasteiger partial charge in [0.05, 0.1) is 11.8 Å². The average Bonchev–Trinajstić information content (AvgIpc) is 3.33. The summed E-state index contributed by atoms with van der Waals surface area (Å²) in [5.74, 6) is 1.37. The molecule has 0 bridgehead atoms. The van der Waals surface area contributed by atoms with Crippen molar-refractivity contribution in [3.63, 3.8) is 0 Å². The van der Waals surface area contributed by atoms with Gasteiger partial charge in [-0.25, -0.2) is 4.79 Å². The predicted octanol–water partition coefficient (Wildman–Crippen LogP) is 4.64. The summed E-state index contributed by atoms with van der Waals surface area (Å²) in [7, 11) is 0. The number of nitrogens with zero attached hydrogens (tertiary/aromatic N) is 2. The maximum absolute atomic E-state index is 12.1. The number of urea groups is 1. The highest BCUT2D eigenvalue weighted by Crippen LogP contribution is 2.30. The number of benzene rings is 2. The molecule has 2 heterocycles. The van der Waals surface area contributed by atoms with Gasteiger partial charge >= 0.3 is 6.03 Å². The molecule has 2 amide bonds. The summed E-state index contributed by atoms with van der Waals surface area (Å²) in [6.07, 6.45) is 5.02. The quantitative estimate of drug-likeness (QED) is 0.472. The Kier molecular flexibility index (Phi) is 6.00. The van der Waals surface area contributed by atoms with Crippen LogP contribution in [0.25, 0.3) is 11.3 Å². The number of para-hydroxylation sites is 1. The van der Waals surface area contributed by atoms with E-state index in [1.165, 1.54) is 0 Å². The van der Waals surface area contributed by atoms with Crippen LogP contribution in [0.4, 0.5) is 10.5 Å². The molecule has 7 heteroatoms. The minimum Gasteiger partial charge on any atom is -0.488 e. The minimum absolute atomic E-state index is 0.274. The molecule has 0 unspecified atom stereocenters. The number of nitrogens with one attached hydrogen (secondary N) is 2. The van der Waals surface area contributed by atoms with E-state index in [9.17, 15) is 4.79 Å². The second kappa shape index (κ2) is 9.38. The van der Waals surface area contributed by atoms with E-state index in [0.29, 0.717) is 30.3 Å². The third kappa shape index (κ3) is 5.02. The van der Waals surface area contributed by atoms with Gasteiger partial charge in [-0.15, -0.1) is 0 Å². The Hall–Kier alpha value is -4.13. The van der Waals surface area contributed by atoms with Gasteiger partial charge in [-0.1, -0.05) is 35.5 Å². The maximum Gasteiger partial charge on any atom is 0.319 e. The van der Waals surface area contributed by atoms with Crippen LogP contribution in [0.3, 0.4) is 0 Å². The molecule has 30 heavy (non-hydrogen) atoms. The van der Waals surface area contributed by atoms with Gasteiger partial charge in [-0.2, -0.15) is 0 Å². The predicted molar refractivity (Wildman–Crippen MR) is 113 cm³/mol. The molecule has 0 fully saturated rings. The zero-order valence-corrected chi connectivity index (χ0v) is 16.1. The van der Waals surface area contributed by atoms with Crippen LogP contribution in [0.5, 0.6) is 5.75 Å². The van der Waals surface area contributed by atoms with Crippen LogP contribution in [-0.2, 0) is 13.2 Å². The molecule has 0 saturated heterocycles. The third-order valence-electron chi connectivity index (χ3n) is 4.37. The van der Waals surface area contributed by atoms with Crippen molar-refractivity contribution in [1.82, 2.24) is 15.5 Å². The van der Waals surface area contributed by atoms with Crippen molar-refractivity contribution in [2.24, 2.45) is 0 Å². The largest absolute Gasteiger partial charge is 0.488 e. The molecule has 4 aromatic rings. The topological polar surface area (TPSA) is 89.3 Å². The summed E-state index contributed by atoms with van der Waals surface area (Å²) >= 11 is 0. The molecular weight excluding hydrogens is 380 g/mol. The number of aromatic nitrogens is 2. The normalized spacial score (nSPS) is 10.4. The first-order valence-electron chi connectivity index (χ1n) is 9.43. The van der Waals surface area contributed by atoms with Crippen molar-refractivity contribution < 1.29 is 14.1 Å². The Labute approximate surface area is 173 Å². The van der Waals surface area contributed by atoms with E-state index in [1.54, 1.807) is 24.7 Å². The molecule has 0 radical (unpaired) electrons. The molecule has 0 aliphatic rings. The summed E-state index contributed by atoms with van der Waals surface area (Å²) in [6.45, 7) is 0.800. The van der Waals surface area contributed by atoms with Crippen molar-refractivity contribution in [3.8, 4) is 17.1 Å². The zero-order chi connectivity index (χ0) is 20.6. The van der Waals surface area contributed by atoms with E-state index < -0.39 is 0 Å². The van der Waals surface area contributed by atoms with Crippen LogP contribution < -0.4 is 15.4 Å². The molecule has 0 atom stereocenters. The smallest absolute Gasteiger partial charge is 0.319 e. The summed E-state index contributed by atoms with van der Waals surface area (Å²) < 4.78 is 11.2. The third-order valence-corrected chi connectivity index (χ3v) is 4.37. The molecular formula is C23H20N4O3. The lowest BCUT2D eigenvalue weighted by Crippen LogP contribution is -2.28. The van der Waals surface area contributed by atoms with Gasteiger partial charge in [0.2, 0.25) is 0 Å². The molecule has 0 saturated carbocycles. The fourth-order valence-corrected chi connectivity index (χ4v) is 2.86. The first-order valence-corrected chi connectivity index (χ1v) is 9.43. The summed E-state index contributed by atoms with van der Waals surface area (Å²) in [4.78, 5) is 16.1. The van der Waals surface area contributed by atoms with Crippen LogP contribution in [0.15, 0.2) is 89.8 Å². The number of rotatable bonds is 7. The van der Waals surface area contributed by atoms with Crippen molar-refractivity contribution in [1.29, 1.82) is 0 Å². The van der Waals surface area contributed by atoms with Gasteiger partial charge in [0.15, 0.2) is 5.76 Å². The van der Waals surface area contributed by atoms with E-state index in [0.717, 1.165) is 16.7 Å². The highest BCUT2D eigenvalue weighted by molar-refractivity contribution is 5.89. The average molecular weight is 400 g/mol. The van der Waals surface area contributed by atoms with Crippen molar-refractivity contribution in [2.45, 2.75) is 13.2 Å². The summed E-state index contributed by atoms with van der Waals surface area (Å²) in [6, 6.07) is 20.4. The van der Waals surface area contributed by atoms with Gasteiger partial charge in [-0.05, 0) is 41.5 Å². The minimum atomic E-state index is -0.274. The molecule has 150 valence electrons. The van der Waals surface area contributed by atoms with Crippen LogP contribution in [0.1, 0.15) is 11.1 Å². The maximum atomic E-state index is 12.1. The lowest BCUT2D eigenvalue weighted by atomic mass is 10.1. The SMILES string of the molecule is O=C(NCc1cccnc1)Nc1ccc(COc2ccccc2-c2ccno2)cc1. The number of amides is 2. The van der Waals surface area contributed by atoms with Gasteiger partial charge in [0.25, 0.3) is 0 Å². The van der Waals surface area contributed by atoms with Crippen molar-refractivity contribution in [2.75, 3.05) is 5.32 Å². The number of carbonyl (C=O) groups excluding carboxylic acids is 1. The Balaban J connectivity index is 1.31. The van der Waals surface area contributed by atoms with Crippen molar-refractivity contribution in [3.05, 3.63) is 96.4 Å². The summed E-state index contributed by atoms with van der Waals surface area (Å²) in [5.41, 5.74) is 3.46. The molecule has 0 aliphatic carbocycles. The van der Waals surface area contributed by atoms with E-state index in [1.807, 2.05) is 60.7 Å². The Morgan fingerprint density at radius 2 is 1.80 bits per heavy atom. The zero-order valence-electron chi connectivity index (χ0n) is 16.1. The van der Waals surface area contributed by atoms with E-state index in [4.69, 9.17) is 9.26 Å². The van der Waals surface area contributed by atoms with E-state index in [-0.39, 0.29) is 6.03 Å². The fraction of sp³-hybridized carbons (Fsp3) is 0.0870. The second-order valence-corrected chi connectivity index (χ2v) is 6.53.